The molecule has 2 rings (SSSR count). The van der Waals surface area contributed by atoms with Crippen LogP contribution in [0.15, 0.2) is 24.4 Å². The van der Waals surface area contributed by atoms with E-state index in [9.17, 15) is 0 Å². The summed E-state index contributed by atoms with van der Waals surface area (Å²) in [4.78, 5) is 4.32. The molecule has 19 heavy (non-hydrogen) atoms. The average molecular weight is 277 g/mol. The summed E-state index contributed by atoms with van der Waals surface area (Å²) in [6.07, 6.45) is 2.97. The van der Waals surface area contributed by atoms with Crippen LogP contribution in [0.4, 0.5) is 0 Å². The number of nitrogens with zero attached hydrogens (tertiary/aromatic N) is 2. The summed E-state index contributed by atoms with van der Waals surface area (Å²) in [5.41, 5.74) is 3.63. The fraction of sp³-hybridized carbons (Fsp3) is 0.438. The molecule has 2 aromatic rings. The molecule has 0 bridgehead atoms. The third-order valence-corrected chi connectivity index (χ3v) is 3.70. The Kier molecular flexibility index (Phi) is 4.31. The van der Waals surface area contributed by atoms with Crippen LogP contribution in [-0.2, 0) is 13.0 Å². The maximum Gasteiger partial charge on any atom is 0.106 e. The number of benzene rings is 1. The van der Waals surface area contributed by atoms with E-state index in [2.05, 4.69) is 48.5 Å². The zero-order valence-corrected chi connectivity index (χ0v) is 12.8. The fourth-order valence-electron chi connectivity index (χ4n) is 2.31. The van der Waals surface area contributed by atoms with Gasteiger partial charge in [0.15, 0.2) is 0 Å². The van der Waals surface area contributed by atoms with Crippen molar-refractivity contribution >= 4 is 11.6 Å². The van der Waals surface area contributed by atoms with Gasteiger partial charge in [0.05, 0.1) is 6.54 Å². The Labute approximate surface area is 120 Å². The molecule has 102 valence electrons. The molecule has 0 N–H and O–H groups in total. The van der Waals surface area contributed by atoms with Crippen LogP contribution in [0.1, 0.15) is 36.5 Å². The van der Waals surface area contributed by atoms with Crippen molar-refractivity contribution in [1.82, 2.24) is 9.55 Å². The molecule has 0 aliphatic carbocycles. The maximum atomic E-state index is 6.40. The lowest BCUT2D eigenvalue weighted by Crippen LogP contribution is -2.05. The van der Waals surface area contributed by atoms with E-state index in [-0.39, 0.29) is 0 Å². The molecule has 3 heteroatoms. The van der Waals surface area contributed by atoms with E-state index in [1.54, 1.807) is 0 Å². The van der Waals surface area contributed by atoms with E-state index in [1.807, 2.05) is 13.1 Å². The molecule has 0 saturated heterocycles. The molecule has 0 spiro atoms. The minimum Gasteiger partial charge on any atom is -0.328 e. The highest BCUT2D eigenvalue weighted by molar-refractivity contribution is 6.31. The van der Waals surface area contributed by atoms with E-state index in [1.165, 1.54) is 11.3 Å². The summed E-state index contributed by atoms with van der Waals surface area (Å²) in [6, 6.07) is 6.42. The first-order valence-electron chi connectivity index (χ1n) is 6.73. The molecule has 0 saturated carbocycles. The quantitative estimate of drug-likeness (QED) is 0.809. The van der Waals surface area contributed by atoms with Crippen molar-refractivity contribution in [3.05, 3.63) is 52.1 Å². The van der Waals surface area contributed by atoms with Crippen molar-refractivity contribution < 1.29 is 0 Å². The lowest BCUT2D eigenvalue weighted by Gasteiger charge is -2.12. The van der Waals surface area contributed by atoms with Gasteiger partial charge >= 0.3 is 0 Å². The molecule has 1 aromatic carbocycles. The number of aromatic nitrogens is 2. The Bertz CT molecular complexity index is 551. The summed E-state index contributed by atoms with van der Waals surface area (Å²) in [6.45, 7) is 9.33. The number of aryl methyl sites for hydroxylation is 2. The maximum absolute atomic E-state index is 6.40. The summed E-state index contributed by atoms with van der Waals surface area (Å²) in [7, 11) is 0. The molecule has 0 aliphatic heterocycles. The molecular weight excluding hydrogens is 256 g/mol. The SMILES string of the molecule is Cc1cnc(C)n1Cc1ccc(CC(C)C)cc1Cl. The highest BCUT2D eigenvalue weighted by atomic mass is 35.5. The van der Waals surface area contributed by atoms with Crippen LogP contribution in [0.5, 0.6) is 0 Å². The number of hydrogen-bond acceptors (Lipinski definition) is 1. The van der Waals surface area contributed by atoms with Crippen LogP contribution >= 0.6 is 11.6 Å². The van der Waals surface area contributed by atoms with Crippen LogP contribution in [0.25, 0.3) is 0 Å². The van der Waals surface area contributed by atoms with Gasteiger partial charge in [-0.1, -0.05) is 37.6 Å². The summed E-state index contributed by atoms with van der Waals surface area (Å²) in [5.74, 6) is 1.68. The molecule has 1 aromatic heterocycles. The number of rotatable bonds is 4. The molecule has 0 aliphatic rings. The van der Waals surface area contributed by atoms with Crippen molar-refractivity contribution in [1.29, 1.82) is 0 Å². The smallest absolute Gasteiger partial charge is 0.106 e. The zero-order chi connectivity index (χ0) is 14.0. The Hall–Kier alpha value is -1.28. The second kappa shape index (κ2) is 5.79. The lowest BCUT2D eigenvalue weighted by atomic mass is 10.0. The van der Waals surface area contributed by atoms with Gasteiger partial charge in [0.1, 0.15) is 5.82 Å². The zero-order valence-electron chi connectivity index (χ0n) is 12.1. The molecule has 0 amide bonds. The van der Waals surface area contributed by atoms with E-state index >= 15 is 0 Å². The first kappa shape index (κ1) is 14.1. The summed E-state index contributed by atoms with van der Waals surface area (Å²) >= 11 is 6.40. The summed E-state index contributed by atoms with van der Waals surface area (Å²) < 4.78 is 2.18. The highest BCUT2D eigenvalue weighted by Gasteiger charge is 2.08. The molecule has 0 fully saturated rings. The van der Waals surface area contributed by atoms with Gasteiger partial charge in [-0.3, -0.25) is 0 Å². The van der Waals surface area contributed by atoms with Gasteiger partial charge < -0.3 is 4.57 Å². The third-order valence-electron chi connectivity index (χ3n) is 3.34. The standard InChI is InChI=1S/C16H21ClN2/c1-11(2)7-14-5-6-15(16(17)8-14)10-19-12(3)9-18-13(19)4/h5-6,8-9,11H,7,10H2,1-4H3. The molecule has 2 nitrogen and oxygen atoms in total. The van der Waals surface area contributed by atoms with Crippen molar-refractivity contribution in [2.45, 2.75) is 40.7 Å². The van der Waals surface area contributed by atoms with Gasteiger partial charge in [-0.05, 0) is 43.4 Å². The van der Waals surface area contributed by atoms with Gasteiger partial charge in [0.25, 0.3) is 0 Å². The number of hydrogen-bond donors (Lipinski definition) is 0. The number of imidazole rings is 1. The molecule has 0 unspecified atom stereocenters. The highest BCUT2D eigenvalue weighted by Crippen LogP contribution is 2.21. The van der Waals surface area contributed by atoms with Crippen molar-refractivity contribution in [2.75, 3.05) is 0 Å². The third kappa shape index (κ3) is 3.38. The van der Waals surface area contributed by atoms with Crippen LogP contribution in [0.3, 0.4) is 0 Å². The summed E-state index contributed by atoms with van der Waals surface area (Å²) in [5, 5.41) is 0.852. The second-order valence-corrected chi connectivity index (χ2v) is 5.96. The van der Waals surface area contributed by atoms with Gasteiger partial charge in [0.2, 0.25) is 0 Å². The van der Waals surface area contributed by atoms with E-state index in [0.717, 1.165) is 29.4 Å². The van der Waals surface area contributed by atoms with E-state index in [4.69, 9.17) is 11.6 Å². The Balaban J connectivity index is 2.22. The van der Waals surface area contributed by atoms with Crippen molar-refractivity contribution in [2.24, 2.45) is 5.92 Å². The predicted molar refractivity (Wildman–Crippen MR) is 80.8 cm³/mol. The van der Waals surface area contributed by atoms with E-state index in [0.29, 0.717) is 5.92 Å². The van der Waals surface area contributed by atoms with Gasteiger partial charge in [-0.2, -0.15) is 0 Å². The van der Waals surface area contributed by atoms with Crippen LogP contribution in [0, 0.1) is 19.8 Å². The van der Waals surface area contributed by atoms with Gasteiger partial charge in [-0.15, -0.1) is 0 Å². The fourth-order valence-corrected chi connectivity index (χ4v) is 2.57. The Morgan fingerprint density at radius 1 is 1.26 bits per heavy atom. The molecule has 0 radical (unpaired) electrons. The van der Waals surface area contributed by atoms with Gasteiger partial charge in [0, 0.05) is 16.9 Å². The molecule has 1 heterocycles. The van der Waals surface area contributed by atoms with Crippen LogP contribution in [0.2, 0.25) is 5.02 Å². The second-order valence-electron chi connectivity index (χ2n) is 5.56. The first-order chi connectivity index (χ1) is 8.97. The average Bonchev–Trinajstić information content (AvgIpc) is 2.63. The normalized spacial score (nSPS) is 11.3. The minimum atomic E-state index is 0.653. The lowest BCUT2D eigenvalue weighted by molar-refractivity contribution is 0.647. The largest absolute Gasteiger partial charge is 0.328 e. The Morgan fingerprint density at radius 3 is 2.53 bits per heavy atom. The topological polar surface area (TPSA) is 17.8 Å². The first-order valence-corrected chi connectivity index (χ1v) is 7.11. The molecule has 0 atom stereocenters. The van der Waals surface area contributed by atoms with E-state index < -0.39 is 0 Å². The monoisotopic (exact) mass is 276 g/mol. The predicted octanol–water partition coefficient (Wildman–Crippen LogP) is 4.40. The van der Waals surface area contributed by atoms with Crippen molar-refractivity contribution in [3.8, 4) is 0 Å². The van der Waals surface area contributed by atoms with Gasteiger partial charge in [-0.25, -0.2) is 4.98 Å². The van der Waals surface area contributed by atoms with Crippen LogP contribution in [-0.4, -0.2) is 9.55 Å². The number of halogens is 1. The molecular formula is C16H21ClN2. The Morgan fingerprint density at radius 2 is 2.00 bits per heavy atom. The van der Waals surface area contributed by atoms with Crippen LogP contribution < -0.4 is 0 Å². The minimum absolute atomic E-state index is 0.653. The van der Waals surface area contributed by atoms with Crippen molar-refractivity contribution in [3.63, 3.8) is 0 Å².